The summed E-state index contributed by atoms with van der Waals surface area (Å²) in [6, 6.07) is 16.3. The van der Waals surface area contributed by atoms with E-state index < -0.39 is 0 Å². The number of carbonyl (C=O) groups is 2. The Morgan fingerprint density at radius 3 is 2.26 bits per heavy atom. The maximum Gasteiger partial charge on any atom is 0.338 e. The van der Waals surface area contributed by atoms with E-state index in [4.69, 9.17) is 4.74 Å². The highest BCUT2D eigenvalue weighted by Gasteiger charge is 2.15. The lowest BCUT2D eigenvalue weighted by Crippen LogP contribution is -2.07. The van der Waals surface area contributed by atoms with E-state index in [1.165, 1.54) is 0 Å². The summed E-state index contributed by atoms with van der Waals surface area (Å²) < 4.78 is 4.96. The lowest BCUT2D eigenvalue weighted by atomic mass is 9.91. The van der Waals surface area contributed by atoms with Gasteiger partial charge >= 0.3 is 5.97 Å². The fourth-order valence-electron chi connectivity index (χ4n) is 2.36. The summed E-state index contributed by atoms with van der Waals surface area (Å²) in [6.45, 7) is 5.95. The number of rotatable bonds is 7. The fraction of sp³-hybridized carbons (Fsp3) is 0.200. The summed E-state index contributed by atoms with van der Waals surface area (Å²) >= 11 is 0. The Bertz CT molecular complexity index is 672. The van der Waals surface area contributed by atoms with Gasteiger partial charge in [0.1, 0.15) is 0 Å². The Kier molecular flexibility index (Phi) is 5.87. The maximum atomic E-state index is 12.3. The average Bonchev–Trinajstić information content (AvgIpc) is 2.60. The predicted molar refractivity (Wildman–Crippen MR) is 90.7 cm³/mol. The molecule has 3 heteroatoms. The van der Waals surface area contributed by atoms with Gasteiger partial charge < -0.3 is 4.74 Å². The van der Waals surface area contributed by atoms with Gasteiger partial charge in [0.05, 0.1) is 12.2 Å². The second-order valence-corrected chi connectivity index (χ2v) is 5.18. The lowest BCUT2D eigenvalue weighted by Gasteiger charge is -2.13. The smallest absolute Gasteiger partial charge is 0.338 e. The standard InChI is InChI=1S/C20H20O3/c1-3-15(14-19(21)17-8-6-5-7-9-17)16-10-12-18(13-11-16)20(22)23-4-2/h3,5-13,15H,1,4,14H2,2H3. The van der Waals surface area contributed by atoms with Crippen molar-refractivity contribution < 1.29 is 14.3 Å². The summed E-state index contributed by atoms with van der Waals surface area (Å²) in [5.41, 5.74) is 2.16. The fourth-order valence-corrected chi connectivity index (χ4v) is 2.36. The van der Waals surface area contributed by atoms with Crippen molar-refractivity contribution in [2.24, 2.45) is 0 Å². The van der Waals surface area contributed by atoms with Crippen LogP contribution in [0, 0.1) is 0 Å². The van der Waals surface area contributed by atoms with E-state index in [1.807, 2.05) is 42.5 Å². The van der Waals surface area contributed by atoms with Gasteiger partial charge in [-0.25, -0.2) is 4.79 Å². The highest BCUT2D eigenvalue weighted by atomic mass is 16.5. The van der Waals surface area contributed by atoms with Crippen molar-refractivity contribution in [1.82, 2.24) is 0 Å². The van der Waals surface area contributed by atoms with Gasteiger partial charge in [-0.2, -0.15) is 0 Å². The number of ketones is 1. The molecule has 0 aliphatic carbocycles. The van der Waals surface area contributed by atoms with Crippen LogP contribution in [-0.2, 0) is 4.74 Å². The number of Topliss-reactive ketones (excluding diaryl/α,β-unsaturated/α-hetero) is 1. The van der Waals surface area contributed by atoms with Crippen molar-refractivity contribution in [2.75, 3.05) is 6.61 Å². The third kappa shape index (κ3) is 4.39. The summed E-state index contributed by atoms with van der Waals surface area (Å²) in [6.07, 6.45) is 2.12. The van der Waals surface area contributed by atoms with Gasteiger partial charge in [0.15, 0.2) is 5.78 Å². The van der Waals surface area contributed by atoms with E-state index >= 15 is 0 Å². The minimum atomic E-state index is -0.338. The van der Waals surface area contributed by atoms with Gasteiger partial charge in [-0.05, 0) is 24.6 Å². The molecule has 0 aliphatic rings. The molecule has 0 aromatic heterocycles. The molecular weight excluding hydrogens is 288 g/mol. The van der Waals surface area contributed by atoms with Gasteiger partial charge in [-0.1, -0.05) is 48.5 Å². The molecule has 1 atom stereocenters. The van der Waals surface area contributed by atoms with Crippen LogP contribution in [0.25, 0.3) is 0 Å². The zero-order valence-corrected chi connectivity index (χ0v) is 13.2. The molecule has 0 bridgehead atoms. The molecule has 0 amide bonds. The Morgan fingerprint density at radius 2 is 1.70 bits per heavy atom. The highest BCUT2D eigenvalue weighted by molar-refractivity contribution is 5.96. The number of ether oxygens (including phenoxy) is 1. The first-order valence-corrected chi connectivity index (χ1v) is 7.63. The average molecular weight is 308 g/mol. The number of carbonyl (C=O) groups excluding carboxylic acids is 2. The molecule has 118 valence electrons. The van der Waals surface area contributed by atoms with Crippen LogP contribution in [0.3, 0.4) is 0 Å². The summed E-state index contributed by atoms with van der Waals surface area (Å²) in [4.78, 5) is 24.0. The lowest BCUT2D eigenvalue weighted by molar-refractivity contribution is 0.0526. The number of hydrogen-bond donors (Lipinski definition) is 0. The van der Waals surface area contributed by atoms with Crippen molar-refractivity contribution in [3.05, 3.63) is 83.9 Å². The quantitative estimate of drug-likeness (QED) is 0.432. The molecule has 0 saturated carbocycles. The first kappa shape index (κ1) is 16.7. The largest absolute Gasteiger partial charge is 0.462 e. The molecule has 0 aliphatic heterocycles. The molecule has 2 aromatic rings. The molecule has 0 saturated heterocycles. The van der Waals surface area contributed by atoms with Crippen molar-refractivity contribution in [1.29, 1.82) is 0 Å². The summed E-state index contributed by atoms with van der Waals surface area (Å²) in [5.74, 6) is -0.349. The second kappa shape index (κ2) is 8.08. The van der Waals surface area contributed by atoms with Crippen molar-refractivity contribution >= 4 is 11.8 Å². The van der Waals surface area contributed by atoms with Gasteiger partial charge in [-0.3, -0.25) is 4.79 Å². The number of benzene rings is 2. The summed E-state index contributed by atoms with van der Waals surface area (Å²) in [7, 11) is 0. The predicted octanol–water partition coefficient (Wildman–Crippen LogP) is 4.41. The molecule has 0 heterocycles. The third-order valence-corrected chi connectivity index (χ3v) is 3.64. The molecule has 2 aromatic carbocycles. The minimum absolute atomic E-state index is 0.0740. The van der Waals surface area contributed by atoms with Crippen LogP contribution >= 0.6 is 0 Å². The Balaban J connectivity index is 2.10. The van der Waals surface area contributed by atoms with Gasteiger partial charge in [0, 0.05) is 17.9 Å². The number of hydrogen-bond acceptors (Lipinski definition) is 3. The van der Waals surface area contributed by atoms with Crippen LogP contribution in [0.2, 0.25) is 0 Å². The van der Waals surface area contributed by atoms with Gasteiger partial charge in [0.25, 0.3) is 0 Å². The monoisotopic (exact) mass is 308 g/mol. The molecule has 3 nitrogen and oxygen atoms in total. The minimum Gasteiger partial charge on any atom is -0.462 e. The van der Waals surface area contributed by atoms with Crippen molar-refractivity contribution in [3.8, 4) is 0 Å². The molecule has 2 rings (SSSR count). The highest BCUT2D eigenvalue weighted by Crippen LogP contribution is 2.23. The van der Waals surface area contributed by atoms with Gasteiger partial charge in [0.2, 0.25) is 0 Å². The number of allylic oxidation sites excluding steroid dienone is 1. The summed E-state index contributed by atoms with van der Waals surface area (Å²) in [5, 5.41) is 0. The van der Waals surface area contributed by atoms with Gasteiger partial charge in [-0.15, -0.1) is 6.58 Å². The molecule has 0 spiro atoms. The molecule has 23 heavy (non-hydrogen) atoms. The second-order valence-electron chi connectivity index (χ2n) is 5.18. The number of esters is 1. The van der Waals surface area contributed by atoms with Crippen LogP contribution in [0.15, 0.2) is 67.3 Å². The zero-order chi connectivity index (χ0) is 16.7. The van der Waals surface area contributed by atoms with E-state index in [0.717, 1.165) is 5.56 Å². The molecular formula is C20H20O3. The third-order valence-electron chi connectivity index (χ3n) is 3.64. The van der Waals surface area contributed by atoms with E-state index in [-0.39, 0.29) is 17.7 Å². The Hall–Kier alpha value is -2.68. The van der Waals surface area contributed by atoms with Crippen molar-refractivity contribution in [2.45, 2.75) is 19.3 Å². The first-order chi connectivity index (χ1) is 11.2. The molecule has 0 radical (unpaired) electrons. The van der Waals surface area contributed by atoms with E-state index in [9.17, 15) is 9.59 Å². The van der Waals surface area contributed by atoms with Crippen molar-refractivity contribution in [3.63, 3.8) is 0 Å². The molecule has 0 fully saturated rings. The van der Waals surface area contributed by atoms with Crippen LogP contribution in [0.5, 0.6) is 0 Å². The van der Waals surface area contributed by atoms with Crippen LogP contribution in [0.1, 0.15) is 45.5 Å². The van der Waals surface area contributed by atoms with E-state index in [0.29, 0.717) is 24.2 Å². The Morgan fingerprint density at radius 1 is 1.04 bits per heavy atom. The van der Waals surface area contributed by atoms with E-state index in [1.54, 1.807) is 25.1 Å². The Labute approximate surface area is 136 Å². The van der Waals surface area contributed by atoms with Crippen LogP contribution in [-0.4, -0.2) is 18.4 Å². The SMILES string of the molecule is C=CC(CC(=O)c1ccccc1)c1ccc(C(=O)OCC)cc1. The van der Waals surface area contributed by atoms with E-state index in [2.05, 4.69) is 6.58 Å². The molecule has 0 N–H and O–H groups in total. The topological polar surface area (TPSA) is 43.4 Å². The molecule has 1 unspecified atom stereocenters. The first-order valence-electron chi connectivity index (χ1n) is 7.63. The maximum absolute atomic E-state index is 12.3. The normalized spacial score (nSPS) is 11.5. The zero-order valence-electron chi connectivity index (χ0n) is 13.2. The van der Waals surface area contributed by atoms with Crippen LogP contribution in [0.4, 0.5) is 0 Å². The van der Waals surface area contributed by atoms with Crippen LogP contribution < -0.4 is 0 Å².